The molecule has 4 aromatic carbocycles. The van der Waals surface area contributed by atoms with E-state index >= 15 is 14.4 Å². The van der Waals surface area contributed by atoms with Gasteiger partial charge in [0.15, 0.2) is 0 Å². The maximum atomic E-state index is 15.0. The molecule has 6 amide bonds. The summed E-state index contributed by atoms with van der Waals surface area (Å²) in [6.45, 7) is 15.2. The lowest BCUT2D eigenvalue weighted by atomic mass is 10.0. The Morgan fingerprint density at radius 2 is 0.642 bits per heavy atom. The molecule has 18 nitrogen and oxygen atoms in total. The standard InChI is InChI=1S/C60H72N6O12S3/c1-58(2,3)76-55(70)64(49(52(61)67)34-40-16-22-46(23-17-40)73-28-10-13-31-79)43-37-44(65(56(71)77-59(4,5)6)50(53(62)68)35-41-18-24-47(25-19-41)74-29-11-14-32-80)39-45(38-43)66(57(72)78-60(7,8)9)51(54(63)69)36-42-20-26-48(27-21-42)75-30-12-15-33-81/h10-27,31-33,37-39,49-51H,28-30,34-36H2,1-9H3,(H2,61,67)(H2,62,68)(H2,63,69)/t49-,50-,51-/m0/s1. The molecule has 0 aliphatic rings. The van der Waals surface area contributed by atoms with Crippen molar-refractivity contribution in [2.45, 2.75) is 117 Å². The molecule has 4 aromatic rings. The Morgan fingerprint density at radius 1 is 0.420 bits per heavy atom. The quantitative estimate of drug-likeness (QED) is 0.0286. The van der Waals surface area contributed by atoms with Gasteiger partial charge in [0.05, 0.1) is 17.1 Å². The summed E-state index contributed by atoms with van der Waals surface area (Å²) in [5.74, 6) is -1.54. The van der Waals surface area contributed by atoms with Crippen LogP contribution in [0.1, 0.15) is 79.0 Å². The zero-order chi connectivity index (χ0) is 60.1. The average molecular weight is 1170 g/mol. The fraction of sp³-hybridized carbons (Fsp3) is 0.350. The third kappa shape index (κ3) is 21.9. The molecule has 0 saturated heterocycles. The van der Waals surface area contributed by atoms with Crippen LogP contribution in [-0.2, 0) is 47.9 Å². The lowest BCUT2D eigenvalue weighted by molar-refractivity contribution is -0.120. The predicted molar refractivity (Wildman–Crippen MR) is 327 cm³/mol. The average Bonchev–Trinajstić information content (AvgIpc) is 3.53. The van der Waals surface area contributed by atoms with Crippen LogP contribution in [0.15, 0.2) is 127 Å². The van der Waals surface area contributed by atoms with Gasteiger partial charge in [-0.3, -0.25) is 29.1 Å². The first-order chi connectivity index (χ1) is 38.1. The van der Waals surface area contributed by atoms with E-state index in [1.807, 2.05) is 0 Å². The molecule has 0 spiro atoms. The summed E-state index contributed by atoms with van der Waals surface area (Å²) in [6.07, 6.45) is 6.23. The Balaban J connectivity index is 2.13. The summed E-state index contributed by atoms with van der Waals surface area (Å²) in [4.78, 5) is 90.1. The van der Waals surface area contributed by atoms with Crippen LogP contribution in [0, 0.1) is 0 Å². The molecule has 0 heterocycles. The van der Waals surface area contributed by atoms with Crippen LogP contribution in [0.4, 0.5) is 31.4 Å². The first kappa shape index (κ1) is 65.5. The number of hydrogen-bond donors (Lipinski definition) is 3. The molecule has 3 atom stereocenters. The topological polar surface area (TPSA) is 246 Å². The molecule has 0 aromatic heterocycles. The highest BCUT2D eigenvalue weighted by atomic mass is 32.1. The summed E-state index contributed by atoms with van der Waals surface area (Å²) in [6, 6.07) is 19.3. The van der Waals surface area contributed by atoms with Crippen molar-refractivity contribution < 1.29 is 57.2 Å². The second-order valence-electron chi connectivity index (χ2n) is 21.2. The maximum Gasteiger partial charge on any atom is 0.415 e. The Bertz CT molecular complexity index is 2600. The molecule has 0 unspecified atom stereocenters. The van der Waals surface area contributed by atoms with Crippen molar-refractivity contribution in [2.75, 3.05) is 34.5 Å². The molecule has 0 bridgehead atoms. The second kappa shape index (κ2) is 30.5. The van der Waals surface area contributed by atoms with Crippen molar-refractivity contribution in [1.29, 1.82) is 0 Å². The number of anilines is 3. The molecular formula is C60H72N6O12S3. The SMILES string of the molecule is CC(C)(C)OC(=O)N(c1cc(N(C(=O)OC(C)(C)C)[C@@H](Cc2ccc(OCC=CC=S)cc2)C(N)=O)cc(N(C(=O)OC(C)(C)C)[C@@H](Cc2ccc(OCC=CC=S)cc2)C(N)=O)c1)[C@@H](Cc1ccc(OCC=CC=S)cc1)C(N)=O. The minimum atomic E-state index is -1.57. The molecule has 432 valence electrons. The number of carbonyl (C=O) groups excluding carboxylic acids is 6. The van der Waals surface area contributed by atoms with Crippen LogP contribution in [0.2, 0.25) is 0 Å². The van der Waals surface area contributed by atoms with Gasteiger partial charge in [-0.25, -0.2) is 14.4 Å². The number of benzene rings is 4. The number of rotatable bonds is 27. The number of nitrogens with two attached hydrogens (primary N) is 3. The van der Waals surface area contributed by atoms with Crippen LogP contribution in [0.25, 0.3) is 0 Å². The van der Waals surface area contributed by atoms with Gasteiger partial charge in [-0.05, 0) is 152 Å². The fourth-order valence-electron chi connectivity index (χ4n) is 7.73. The molecule has 4 rings (SSSR count). The van der Waals surface area contributed by atoms with Gasteiger partial charge in [0, 0.05) is 35.4 Å². The highest BCUT2D eigenvalue weighted by molar-refractivity contribution is 7.79. The van der Waals surface area contributed by atoms with E-state index < -0.39 is 70.9 Å². The predicted octanol–water partition coefficient (Wildman–Crippen LogP) is 10.0. The van der Waals surface area contributed by atoms with Crippen molar-refractivity contribution in [2.24, 2.45) is 17.2 Å². The van der Waals surface area contributed by atoms with E-state index in [1.54, 1.807) is 172 Å². The minimum absolute atomic E-state index is 0.215. The van der Waals surface area contributed by atoms with Gasteiger partial charge in [-0.15, -0.1) is 0 Å². The van der Waals surface area contributed by atoms with E-state index in [-0.39, 0.29) is 56.1 Å². The van der Waals surface area contributed by atoms with Crippen molar-refractivity contribution in [3.8, 4) is 17.2 Å². The minimum Gasteiger partial charge on any atom is -0.490 e. The lowest BCUT2D eigenvalue weighted by Gasteiger charge is -2.37. The molecule has 0 fully saturated rings. The molecule has 0 aliphatic carbocycles. The molecule has 6 N–H and O–H groups in total. The van der Waals surface area contributed by atoms with Gasteiger partial charge < -0.3 is 45.6 Å². The molecule has 0 saturated carbocycles. The van der Waals surface area contributed by atoms with Crippen LogP contribution in [0.5, 0.6) is 17.2 Å². The van der Waals surface area contributed by atoms with Crippen molar-refractivity contribution in [3.05, 3.63) is 144 Å². The molecule has 81 heavy (non-hydrogen) atoms. The van der Waals surface area contributed by atoms with Crippen LogP contribution in [-0.4, -0.2) is 107 Å². The summed E-state index contributed by atoms with van der Waals surface area (Å²) in [5, 5.41) is 4.35. The zero-order valence-electron chi connectivity index (χ0n) is 47.0. The van der Waals surface area contributed by atoms with Crippen molar-refractivity contribution in [3.63, 3.8) is 0 Å². The number of amides is 6. The van der Waals surface area contributed by atoms with E-state index in [1.165, 1.54) is 34.3 Å². The highest BCUT2D eigenvalue weighted by Crippen LogP contribution is 2.37. The maximum absolute atomic E-state index is 15.0. The second-order valence-corrected chi connectivity index (χ2v) is 22.0. The van der Waals surface area contributed by atoms with Crippen molar-refractivity contribution in [1.82, 2.24) is 0 Å². The van der Waals surface area contributed by atoms with Gasteiger partial charge in [0.25, 0.3) is 0 Å². The van der Waals surface area contributed by atoms with E-state index in [0.717, 1.165) is 14.7 Å². The summed E-state index contributed by atoms with van der Waals surface area (Å²) in [7, 11) is 0. The van der Waals surface area contributed by atoms with Gasteiger partial charge in [-0.1, -0.05) is 91.3 Å². The Kier molecular flexibility index (Phi) is 24.7. The summed E-state index contributed by atoms with van der Waals surface area (Å²) in [5.41, 5.74) is 16.2. The third-order valence-corrected chi connectivity index (χ3v) is 11.6. The van der Waals surface area contributed by atoms with Gasteiger partial charge in [0.2, 0.25) is 17.7 Å². The number of ether oxygens (including phenoxy) is 6. The van der Waals surface area contributed by atoms with E-state index in [0.29, 0.717) is 33.9 Å². The number of nitrogens with zero attached hydrogens (tertiary/aromatic N) is 3. The van der Waals surface area contributed by atoms with Crippen LogP contribution < -0.4 is 46.1 Å². The summed E-state index contributed by atoms with van der Waals surface area (Å²) < 4.78 is 35.4. The van der Waals surface area contributed by atoms with E-state index in [4.69, 9.17) is 82.3 Å². The molecule has 0 aliphatic heterocycles. The lowest BCUT2D eigenvalue weighted by Crippen LogP contribution is -2.53. The number of hydrogen-bond acceptors (Lipinski definition) is 15. The molecule has 21 heteroatoms. The molecule has 0 radical (unpaired) electrons. The van der Waals surface area contributed by atoms with Gasteiger partial charge in [-0.2, -0.15) is 0 Å². The third-order valence-electron chi connectivity index (χ3n) is 11.2. The first-order valence-corrected chi connectivity index (χ1v) is 27.1. The first-order valence-electron chi connectivity index (χ1n) is 25.7. The Labute approximate surface area is 490 Å². The van der Waals surface area contributed by atoms with Crippen LogP contribution in [0.3, 0.4) is 0 Å². The fourth-order valence-corrected chi connectivity index (χ4v) is 8.06. The number of allylic oxidation sites excluding steroid dienone is 3. The van der Waals surface area contributed by atoms with Crippen molar-refractivity contribution >= 4 is 106 Å². The number of primary amides is 3. The zero-order valence-corrected chi connectivity index (χ0v) is 49.5. The monoisotopic (exact) mass is 1160 g/mol. The normalized spacial score (nSPS) is 12.9. The number of thiocarbonyl (C=S) groups is 3. The van der Waals surface area contributed by atoms with Crippen LogP contribution >= 0.6 is 36.7 Å². The summed E-state index contributed by atoms with van der Waals surface area (Å²) >= 11 is 14.6. The Hall–Kier alpha value is -8.01. The largest absolute Gasteiger partial charge is 0.490 e. The molecular weight excluding hydrogens is 1090 g/mol. The highest BCUT2D eigenvalue weighted by Gasteiger charge is 2.40. The number of carbonyl (C=O) groups is 6. The Morgan fingerprint density at radius 3 is 0.827 bits per heavy atom. The van der Waals surface area contributed by atoms with E-state index in [2.05, 4.69) is 0 Å². The van der Waals surface area contributed by atoms with E-state index in [9.17, 15) is 14.4 Å². The van der Waals surface area contributed by atoms with Gasteiger partial charge in [0.1, 0.15) is 72.0 Å². The van der Waals surface area contributed by atoms with Gasteiger partial charge >= 0.3 is 18.3 Å². The smallest absolute Gasteiger partial charge is 0.415 e.